The SMILES string of the molecule is CCCCCCCCCCCCCCCCCCCCCCCCC(=O)O[C@H](COC(=O)CCCCCCCCCCCCCCCCCCCCC)COP(=O)(O)OC[C@@H](O)COP(=O)(O)OC[C@@H](COC(=O)CCCCCCCCC(C)C)OC(=O)CCCCCCCCCCCCCCCCC. The fourth-order valence-corrected chi connectivity index (χ4v) is 15.1. The molecule has 0 amide bonds. The van der Waals surface area contributed by atoms with Crippen LogP contribution in [0.3, 0.4) is 0 Å². The van der Waals surface area contributed by atoms with Crippen LogP contribution in [0.5, 0.6) is 0 Å². The van der Waals surface area contributed by atoms with Crippen molar-refractivity contribution in [3.8, 4) is 0 Å². The molecule has 3 N–H and O–H groups in total. The summed E-state index contributed by atoms with van der Waals surface area (Å²) in [6.07, 6.45) is 72.5. The summed E-state index contributed by atoms with van der Waals surface area (Å²) in [5, 5.41) is 10.7. The van der Waals surface area contributed by atoms with E-state index in [4.69, 9.17) is 37.0 Å². The summed E-state index contributed by atoms with van der Waals surface area (Å²) in [6.45, 7) is 7.28. The van der Waals surface area contributed by atoms with Crippen LogP contribution in [0, 0.1) is 5.92 Å². The maximum Gasteiger partial charge on any atom is 0.472 e. The van der Waals surface area contributed by atoms with Crippen LogP contribution in [0.1, 0.15) is 465 Å². The van der Waals surface area contributed by atoms with E-state index < -0.39 is 97.5 Å². The van der Waals surface area contributed by atoms with E-state index in [1.165, 1.54) is 283 Å². The number of carbonyl (C=O) groups is 4. The third kappa shape index (κ3) is 79.9. The quantitative estimate of drug-likeness (QED) is 0.0222. The van der Waals surface area contributed by atoms with Crippen molar-refractivity contribution in [1.29, 1.82) is 0 Å². The minimum absolute atomic E-state index is 0.108. The molecule has 0 aliphatic carbocycles. The summed E-state index contributed by atoms with van der Waals surface area (Å²) >= 11 is 0. The van der Waals surface area contributed by atoms with Gasteiger partial charge in [-0.1, -0.05) is 413 Å². The van der Waals surface area contributed by atoms with Crippen LogP contribution in [0.2, 0.25) is 0 Å². The lowest BCUT2D eigenvalue weighted by molar-refractivity contribution is -0.161. The zero-order valence-electron chi connectivity index (χ0n) is 68.9. The molecule has 0 aliphatic rings. The van der Waals surface area contributed by atoms with Crippen molar-refractivity contribution < 1.29 is 80.2 Å². The highest BCUT2D eigenvalue weighted by Gasteiger charge is 2.30. The predicted octanol–water partition coefficient (Wildman–Crippen LogP) is 26.4. The van der Waals surface area contributed by atoms with Crippen LogP contribution in [0.25, 0.3) is 0 Å². The van der Waals surface area contributed by atoms with E-state index in [0.717, 1.165) is 96.3 Å². The van der Waals surface area contributed by atoms with E-state index >= 15 is 0 Å². The maximum atomic E-state index is 13.1. The number of hydrogen-bond donors (Lipinski definition) is 3. The third-order valence-electron chi connectivity index (χ3n) is 20.3. The second-order valence-electron chi connectivity index (χ2n) is 31.4. The lowest BCUT2D eigenvalue weighted by Gasteiger charge is -2.21. The van der Waals surface area contributed by atoms with Gasteiger partial charge >= 0.3 is 39.5 Å². The van der Waals surface area contributed by atoms with Crippen molar-refractivity contribution in [3.05, 3.63) is 0 Å². The first kappa shape index (κ1) is 103. The average molecular weight is 1540 g/mol. The van der Waals surface area contributed by atoms with E-state index in [2.05, 4.69) is 34.6 Å². The average Bonchev–Trinajstić information content (AvgIpc) is 0.913. The van der Waals surface area contributed by atoms with E-state index in [-0.39, 0.29) is 25.7 Å². The van der Waals surface area contributed by atoms with Gasteiger partial charge in [-0.2, -0.15) is 0 Å². The summed E-state index contributed by atoms with van der Waals surface area (Å²) in [5.74, 6) is -1.42. The fourth-order valence-electron chi connectivity index (χ4n) is 13.5. The smallest absolute Gasteiger partial charge is 0.462 e. The Hall–Kier alpha value is -1.94. The van der Waals surface area contributed by atoms with Crippen LogP contribution < -0.4 is 0 Å². The molecule has 0 aromatic rings. The largest absolute Gasteiger partial charge is 0.472 e. The Morgan fingerprint density at radius 3 is 0.648 bits per heavy atom. The van der Waals surface area contributed by atoms with E-state index in [0.29, 0.717) is 31.6 Å². The minimum Gasteiger partial charge on any atom is -0.462 e. The fraction of sp³-hybridized carbons (Fsp3) is 0.953. The minimum atomic E-state index is -4.97. The number of carbonyl (C=O) groups excluding carboxylic acids is 4. The number of phosphoric ester groups is 2. The Labute approximate surface area is 645 Å². The Morgan fingerprint density at radius 2 is 0.438 bits per heavy atom. The number of ether oxygens (including phenoxy) is 4. The van der Waals surface area contributed by atoms with Crippen LogP contribution in [-0.4, -0.2) is 96.7 Å². The van der Waals surface area contributed by atoms with Gasteiger partial charge in [-0.25, -0.2) is 9.13 Å². The van der Waals surface area contributed by atoms with Gasteiger partial charge in [0.25, 0.3) is 0 Å². The first-order chi connectivity index (χ1) is 51.0. The number of unbranched alkanes of at least 4 members (excludes halogenated alkanes) is 58. The topological polar surface area (TPSA) is 237 Å². The molecule has 0 bridgehead atoms. The molecule has 17 nitrogen and oxygen atoms in total. The number of phosphoric acid groups is 2. The van der Waals surface area contributed by atoms with Gasteiger partial charge in [0.05, 0.1) is 26.4 Å². The van der Waals surface area contributed by atoms with Crippen LogP contribution in [0.4, 0.5) is 0 Å². The number of aliphatic hydroxyl groups is 1. The molecular formula is C86H168O17P2. The molecule has 0 heterocycles. The molecule has 624 valence electrons. The normalized spacial score (nSPS) is 13.8. The maximum absolute atomic E-state index is 13.1. The molecule has 19 heteroatoms. The van der Waals surface area contributed by atoms with E-state index in [9.17, 15) is 43.2 Å². The summed E-state index contributed by atoms with van der Waals surface area (Å²) in [5.41, 5.74) is 0. The van der Waals surface area contributed by atoms with Crippen molar-refractivity contribution in [3.63, 3.8) is 0 Å². The first-order valence-electron chi connectivity index (χ1n) is 44.6. The molecule has 105 heavy (non-hydrogen) atoms. The number of rotatable bonds is 86. The Bertz CT molecular complexity index is 2000. The summed E-state index contributed by atoms with van der Waals surface area (Å²) in [6, 6.07) is 0. The van der Waals surface area contributed by atoms with Crippen LogP contribution in [0.15, 0.2) is 0 Å². The van der Waals surface area contributed by atoms with Gasteiger partial charge in [0.2, 0.25) is 0 Å². The molecule has 0 fully saturated rings. The molecule has 0 radical (unpaired) electrons. The molecule has 0 rings (SSSR count). The third-order valence-corrected chi connectivity index (χ3v) is 22.2. The molecule has 5 atom stereocenters. The monoisotopic (exact) mass is 1540 g/mol. The molecule has 0 aromatic carbocycles. The molecule has 0 spiro atoms. The molecule has 0 saturated heterocycles. The summed E-state index contributed by atoms with van der Waals surface area (Å²) in [7, 11) is -9.92. The summed E-state index contributed by atoms with van der Waals surface area (Å²) in [4.78, 5) is 73.1. The number of aliphatic hydroxyl groups excluding tert-OH is 1. The second-order valence-corrected chi connectivity index (χ2v) is 34.3. The van der Waals surface area contributed by atoms with E-state index in [1.54, 1.807) is 0 Å². The van der Waals surface area contributed by atoms with Crippen molar-refractivity contribution in [2.75, 3.05) is 39.6 Å². The lowest BCUT2D eigenvalue weighted by atomic mass is 10.0. The van der Waals surface area contributed by atoms with Crippen molar-refractivity contribution in [2.45, 2.75) is 483 Å². The second kappa shape index (κ2) is 78.7. The zero-order chi connectivity index (χ0) is 76.9. The van der Waals surface area contributed by atoms with Gasteiger partial charge in [0.15, 0.2) is 12.2 Å². The van der Waals surface area contributed by atoms with Crippen molar-refractivity contribution in [1.82, 2.24) is 0 Å². The Balaban J connectivity index is 5.20. The lowest BCUT2D eigenvalue weighted by Crippen LogP contribution is -2.30. The summed E-state index contributed by atoms with van der Waals surface area (Å²) < 4.78 is 68.8. The zero-order valence-corrected chi connectivity index (χ0v) is 70.7. The van der Waals surface area contributed by atoms with Crippen LogP contribution >= 0.6 is 15.6 Å². The number of hydrogen-bond acceptors (Lipinski definition) is 15. The molecule has 2 unspecified atom stereocenters. The van der Waals surface area contributed by atoms with Crippen molar-refractivity contribution in [2.24, 2.45) is 5.92 Å². The Kier molecular flexibility index (Phi) is 77.3. The molecule has 0 aliphatic heterocycles. The van der Waals surface area contributed by atoms with Gasteiger partial charge in [-0.3, -0.25) is 37.3 Å². The highest BCUT2D eigenvalue weighted by molar-refractivity contribution is 7.47. The number of esters is 4. The Morgan fingerprint density at radius 1 is 0.257 bits per heavy atom. The van der Waals surface area contributed by atoms with Gasteiger partial charge in [-0.15, -0.1) is 0 Å². The van der Waals surface area contributed by atoms with E-state index in [1.807, 2.05) is 0 Å². The molecule has 0 saturated carbocycles. The van der Waals surface area contributed by atoms with Gasteiger partial charge in [0.1, 0.15) is 19.3 Å². The first-order valence-corrected chi connectivity index (χ1v) is 47.6. The molecular weight excluding hydrogens is 1370 g/mol. The standard InChI is InChI=1S/C86H168O17P2/c1-6-9-12-15-18-21-24-27-30-32-34-35-36-38-40-43-46-49-52-55-62-67-71-85(90)102-81(75-96-83(88)69-64-59-53-50-47-44-42-39-37-33-31-28-25-22-19-16-13-10-7-2)77-100-104(92,93)98-73-80(87)74-99-105(94,95)101-78-82(76-97-84(89)70-65-60-57-56-58-63-68-79(4)5)103-86(91)72-66-61-54-51-48-45-41-29-26-23-20-17-14-11-8-3/h79-82,87H,6-78H2,1-5H3,(H,92,93)(H,94,95)/t80-,81-,82-/m1/s1. The van der Waals surface area contributed by atoms with Gasteiger partial charge < -0.3 is 33.8 Å². The van der Waals surface area contributed by atoms with Gasteiger partial charge in [0, 0.05) is 25.7 Å². The van der Waals surface area contributed by atoms with Crippen LogP contribution in [-0.2, 0) is 65.4 Å². The highest BCUT2D eigenvalue weighted by atomic mass is 31.2. The van der Waals surface area contributed by atoms with Gasteiger partial charge in [-0.05, 0) is 31.6 Å². The predicted molar refractivity (Wildman–Crippen MR) is 432 cm³/mol. The van der Waals surface area contributed by atoms with Crippen molar-refractivity contribution >= 4 is 39.5 Å². The highest BCUT2D eigenvalue weighted by Crippen LogP contribution is 2.45. The molecule has 0 aromatic heterocycles.